The Hall–Kier alpha value is 0.317. The van der Waals surface area contributed by atoms with Crippen molar-refractivity contribution in [3.63, 3.8) is 0 Å². The molecular formula is C2H2CeO4. The SMILES string of the molecule is O=C(O)C(=O)O.[Ce]. The van der Waals surface area contributed by atoms with Crippen molar-refractivity contribution >= 4 is 11.9 Å². The maximum atomic E-state index is 9.10. The molecular weight excluding hydrogens is 228 g/mol. The van der Waals surface area contributed by atoms with Gasteiger partial charge in [0.25, 0.3) is 0 Å². The molecule has 0 amide bonds. The van der Waals surface area contributed by atoms with Gasteiger partial charge in [0.1, 0.15) is 0 Å². The predicted octanol–water partition coefficient (Wildman–Crippen LogP) is -0.844. The van der Waals surface area contributed by atoms with Gasteiger partial charge in [0.2, 0.25) is 0 Å². The largest absolute Gasteiger partial charge is 0.473 e. The van der Waals surface area contributed by atoms with Gasteiger partial charge in [0, 0.05) is 41.7 Å². The van der Waals surface area contributed by atoms with E-state index < -0.39 is 11.9 Å². The molecule has 0 aliphatic rings. The normalized spacial score (nSPS) is 6.29. The van der Waals surface area contributed by atoms with Crippen molar-refractivity contribution in [2.24, 2.45) is 0 Å². The first-order valence-electron chi connectivity index (χ1n) is 1.11. The predicted molar refractivity (Wildman–Crippen MR) is 15.3 cm³/mol. The molecule has 0 unspecified atom stereocenters. The molecule has 0 rings (SSSR count). The quantitative estimate of drug-likeness (QED) is 0.532. The number of carboxylic acid groups (broad SMARTS) is 2. The summed E-state index contributed by atoms with van der Waals surface area (Å²) in [6.07, 6.45) is 0. The number of rotatable bonds is 0. The Morgan fingerprint density at radius 2 is 1.14 bits per heavy atom. The van der Waals surface area contributed by atoms with Gasteiger partial charge in [-0.3, -0.25) is 0 Å². The Morgan fingerprint density at radius 3 is 1.14 bits per heavy atom. The Bertz CT molecular complexity index is 75.7. The van der Waals surface area contributed by atoms with E-state index in [2.05, 4.69) is 0 Å². The topological polar surface area (TPSA) is 74.6 Å². The molecule has 0 aliphatic carbocycles. The van der Waals surface area contributed by atoms with E-state index in [1.165, 1.54) is 0 Å². The van der Waals surface area contributed by atoms with Crippen LogP contribution in [0.25, 0.3) is 0 Å². The van der Waals surface area contributed by atoms with E-state index in [1.54, 1.807) is 0 Å². The summed E-state index contributed by atoms with van der Waals surface area (Å²) in [5.74, 6) is -3.65. The number of hydrogen-bond acceptors (Lipinski definition) is 2. The second-order valence-corrected chi connectivity index (χ2v) is 0.610. The van der Waals surface area contributed by atoms with Crippen LogP contribution in [0, 0.1) is 41.7 Å². The summed E-state index contributed by atoms with van der Waals surface area (Å²) in [6.45, 7) is 0. The zero-order valence-corrected chi connectivity index (χ0v) is 6.35. The van der Waals surface area contributed by atoms with E-state index in [4.69, 9.17) is 19.8 Å². The molecule has 0 aromatic carbocycles. The van der Waals surface area contributed by atoms with Crippen LogP contribution in [0.2, 0.25) is 0 Å². The summed E-state index contributed by atoms with van der Waals surface area (Å²) in [7, 11) is 0. The molecule has 0 radical (unpaired) electrons. The monoisotopic (exact) mass is 230 g/mol. The van der Waals surface area contributed by atoms with E-state index >= 15 is 0 Å². The van der Waals surface area contributed by atoms with Crippen LogP contribution >= 0.6 is 0 Å². The second-order valence-electron chi connectivity index (χ2n) is 0.610. The molecule has 0 saturated heterocycles. The third-order valence-corrected chi connectivity index (χ3v) is 0.183. The zero-order chi connectivity index (χ0) is 5.15. The third-order valence-electron chi connectivity index (χ3n) is 0.183. The van der Waals surface area contributed by atoms with Crippen molar-refractivity contribution in [3.8, 4) is 0 Å². The first kappa shape index (κ1) is 10.3. The Morgan fingerprint density at radius 1 is 1.00 bits per heavy atom. The molecule has 0 spiro atoms. The molecule has 0 bridgehead atoms. The van der Waals surface area contributed by atoms with Crippen LogP contribution < -0.4 is 0 Å². The fourth-order valence-corrected chi connectivity index (χ4v) is 0. The Balaban J connectivity index is 0. The van der Waals surface area contributed by atoms with Crippen molar-refractivity contribution in [1.82, 2.24) is 0 Å². The van der Waals surface area contributed by atoms with Gasteiger partial charge in [-0.05, 0) is 0 Å². The summed E-state index contributed by atoms with van der Waals surface area (Å²) in [5.41, 5.74) is 0. The number of hydrogen-bond donors (Lipinski definition) is 2. The van der Waals surface area contributed by atoms with Crippen molar-refractivity contribution in [3.05, 3.63) is 0 Å². The summed E-state index contributed by atoms with van der Waals surface area (Å²) >= 11 is 0. The molecule has 0 atom stereocenters. The van der Waals surface area contributed by atoms with Crippen LogP contribution in [0.5, 0.6) is 0 Å². The summed E-state index contributed by atoms with van der Waals surface area (Å²) in [4.78, 5) is 18.2. The van der Waals surface area contributed by atoms with Crippen molar-refractivity contribution in [2.75, 3.05) is 0 Å². The van der Waals surface area contributed by atoms with Gasteiger partial charge in [-0.1, -0.05) is 0 Å². The smallest absolute Gasteiger partial charge is 0.414 e. The minimum atomic E-state index is -1.82. The van der Waals surface area contributed by atoms with E-state index in [9.17, 15) is 0 Å². The van der Waals surface area contributed by atoms with Gasteiger partial charge in [-0.15, -0.1) is 0 Å². The third kappa shape index (κ3) is 6.32. The van der Waals surface area contributed by atoms with Crippen LogP contribution in [0.3, 0.4) is 0 Å². The van der Waals surface area contributed by atoms with Crippen molar-refractivity contribution in [2.45, 2.75) is 0 Å². The summed E-state index contributed by atoms with van der Waals surface area (Å²) in [5, 5.41) is 14.8. The van der Waals surface area contributed by atoms with Crippen LogP contribution in [0.4, 0.5) is 0 Å². The summed E-state index contributed by atoms with van der Waals surface area (Å²) in [6, 6.07) is 0. The number of carboxylic acids is 2. The zero-order valence-electron chi connectivity index (χ0n) is 3.21. The van der Waals surface area contributed by atoms with Crippen LogP contribution in [-0.4, -0.2) is 22.2 Å². The molecule has 0 aromatic rings. The van der Waals surface area contributed by atoms with E-state index in [0.29, 0.717) is 0 Å². The van der Waals surface area contributed by atoms with Crippen LogP contribution in [-0.2, 0) is 9.59 Å². The maximum absolute atomic E-state index is 9.10. The number of carbonyl (C=O) groups is 2. The molecule has 38 valence electrons. The second kappa shape index (κ2) is 4.47. The van der Waals surface area contributed by atoms with E-state index in [-0.39, 0.29) is 41.7 Å². The van der Waals surface area contributed by atoms with Gasteiger partial charge in [-0.25, -0.2) is 9.59 Å². The summed E-state index contributed by atoms with van der Waals surface area (Å²) < 4.78 is 0. The minimum Gasteiger partial charge on any atom is -0.473 e. The van der Waals surface area contributed by atoms with Gasteiger partial charge in [0.15, 0.2) is 0 Å². The molecule has 0 fully saturated rings. The Kier molecular flexibility index (Phi) is 6.60. The number of aliphatic carboxylic acids is 2. The maximum Gasteiger partial charge on any atom is 0.414 e. The molecule has 0 aromatic heterocycles. The van der Waals surface area contributed by atoms with Crippen LogP contribution in [0.15, 0.2) is 0 Å². The van der Waals surface area contributed by atoms with Gasteiger partial charge < -0.3 is 10.2 Å². The molecule has 7 heavy (non-hydrogen) atoms. The average Bonchev–Trinajstić information content (AvgIpc) is 1.36. The molecule has 2 N–H and O–H groups in total. The van der Waals surface area contributed by atoms with Crippen molar-refractivity contribution < 1.29 is 61.5 Å². The molecule has 4 nitrogen and oxygen atoms in total. The molecule has 0 saturated carbocycles. The van der Waals surface area contributed by atoms with Gasteiger partial charge in [-0.2, -0.15) is 0 Å². The van der Waals surface area contributed by atoms with E-state index in [1.807, 2.05) is 0 Å². The van der Waals surface area contributed by atoms with E-state index in [0.717, 1.165) is 0 Å². The first-order valence-corrected chi connectivity index (χ1v) is 1.11. The first-order chi connectivity index (χ1) is 2.64. The standard InChI is InChI=1S/C2H2O4.Ce/c3-1(4)2(5)6;/h(H,3,4)(H,5,6);. The van der Waals surface area contributed by atoms with Crippen molar-refractivity contribution in [1.29, 1.82) is 0 Å². The molecule has 0 aliphatic heterocycles. The molecule has 5 heteroatoms. The average molecular weight is 230 g/mol. The fourth-order valence-electron chi connectivity index (χ4n) is 0. The van der Waals surface area contributed by atoms with Gasteiger partial charge in [0.05, 0.1) is 0 Å². The Labute approximate surface area is 72.9 Å². The van der Waals surface area contributed by atoms with Gasteiger partial charge >= 0.3 is 11.9 Å². The fraction of sp³-hybridized carbons (Fsp3) is 0. The molecule has 0 heterocycles. The van der Waals surface area contributed by atoms with Crippen LogP contribution in [0.1, 0.15) is 0 Å². The minimum absolute atomic E-state index is 0.